The largest absolute Gasteiger partial charge is 0.497 e. The van der Waals surface area contributed by atoms with Gasteiger partial charge in [-0.1, -0.05) is 43.3 Å². The number of aromatic nitrogens is 1. The number of aliphatic hydroxyl groups is 1. The molecule has 4 heterocycles. The first-order valence-electron chi connectivity index (χ1n) is 13.1. The van der Waals surface area contributed by atoms with Gasteiger partial charge in [-0.25, -0.2) is 0 Å². The monoisotopic (exact) mass is 502 g/mol. The van der Waals surface area contributed by atoms with Crippen LogP contribution in [0.1, 0.15) is 50.3 Å². The number of pyridine rings is 1. The highest BCUT2D eigenvalue weighted by Gasteiger charge is 2.42. The van der Waals surface area contributed by atoms with Gasteiger partial charge < -0.3 is 14.9 Å². The van der Waals surface area contributed by atoms with Crippen LogP contribution >= 0.6 is 0 Å². The normalized spacial score (nSPS) is 24.9. The van der Waals surface area contributed by atoms with Crippen molar-refractivity contribution in [3.05, 3.63) is 84.6 Å². The highest BCUT2D eigenvalue weighted by molar-refractivity contribution is 5.84. The Balaban J connectivity index is 0.000000209. The van der Waals surface area contributed by atoms with Crippen LogP contribution in [0.4, 0.5) is 0 Å². The third kappa shape index (κ3) is 5.41. The van der Waals surface area contributed by atoms with Gasteiger partial charge in [-0.15, -0.1) is 6.58 Å². The molecular weight excluding hydrogens is 464 g/mol. The Morgan fingerprint density at radius 2 is 2.03 bits per heavy atom. The zero-order chi connectivity index (χ0) is 26.6. The lowest BCUT2D eigenvalue weighted by atomic mass is 9.73. The van der Waals surface area contributed by atoms with Crippen molar-refractivity contribution in [2.45, 2.75) is 50.7 Å². The van der Waals surface area contributed by atoms with E-state index in [2.05, 4.69) is 22.5 Å². The van der Waals surface area contributed by atoms with E-state index in [1.54, 1.807) is 20.2 Å². The number of ether oxygens (including phenoxy) is 1. The molecule has 0 radical (unpaired) electrons. The van der Waals surface area contributed by atoms with Crippen molar-refractivity contribution in [3.63, 3.8) is 0 Å². The van der Waals surface area contributed by atoms with Gasteiger partial charge in [0.15, 0.2) is 0 Å². The van der Waals surface area contributed by atoms with Crippen LogP contribution in [0.3, 0.4) is 0 Å². The summed E-state index contributed by atoms with van der Waals surface area (Å²) in [4.78, 5) is 17.9. The van der Waals surface area contributed by atoms with Crippen LogP contribution in [0, 0.1) is 11.8 Å². The maximum atomic E-state index is 11.2. The first kappa shape index (κ1) is 26.8. The maximum absolute atomic E-state index is 11.2. The first-order chi connectivity index (χ1) is 17.8. The lowest BCUT2D eigenvalue weighted by Gasteiger charge is -2.50. The molecule has 1 aromatic heterocycles. The molecule has 3 saturated heterocycles. The molecule has 2 bridgehead atoms. The molecule has 6 atom stereocenters. The van der Waals surface area contributed by atoms with Crippen molar-refractivity contribution in [2.24, 2.45) is 11.8 Å². The number of fused-ring (bicyclic) bond motifs is 4. The molecule has 0 amide bonds. The van der Waals surface area contributed by atoms with E-state index in [0.29, 0.717) is 18.3 Å². The minimum atomic E-state index is -0.763. The summed E-state index contributed by atoms with van der Waals surface area (Å²) < 4.78 is 5.35. The Bertz CT molecular complexity index is 1230. The molecule has 6 rings (SSSR count). The van der Waals surface area contributed by atoms with Crippen LogP contribution in [0.25, 0.3) is 10.9 Å². The number of methoxy groups -OCH3 is 1. The standard InChI is InChI=1S/C20H24N2O2.C11H14O2/c1-3-13-12-22-9-7-14(13)10-19(22)20(23)16-6-8-21-18-5-4-15(24-2)11-17(16)18;1-3-11(2,10(12)13)9-7-5-4-6-8-9/h3-6,8,11,13-14,19-20,23H,1,7,9-10,12H2,2H3;4-8H,3H2,1-2H3,(H,12,13)/t13?,14?,19?,20-;/m1./s1. The lowest BCUT2D eigenvalue weighted by molar-refractivity contribution is -0.143. The van der Waals surface area contributed by atoms with Crippen LogP contribution in [0.5, 0.6) is 5.75 Å². The molecular formula is C31H38N2O4. The fourth-order valence-electron chi connectivity index (χ4n) is 5.73. The number of rotatable bonds is 7. The summed E-state index contributed by atoms with van der Waals surface area (Å²) in [6, 6.07) is 17.3. The minimum Gasteiger partial charge on any atom is -0.497 e. The summed E-state index contributed by atoms with van der Waals surface area (Å²) in [6.45, 7) is 9.71. The van der Waals surface area contributed by atoms with Gasteiger partial charge in [0.2, 0.25) is 0 Å². The van der Waals surface area contributed by atoms with Crippen molar-refractivity contribution in [1.29, 1.82) is 0 Å². The molecule has 0 saturated carbocycles. The van der Waals surface area contributed by atoms with E-state index in [4.69, 9.17) is 9.84 Å². The Morgan fingerprint density at radius 3 is 2.62 bits per heavy atom. The molecule has 6 nitrogen and oxygen atoms in total. The van der Waals surface area contributed by atoms with E-state index in [9.17, 15) is 9.90 Å². The summed E-state index contributed by atoms with van der Waals surface area (Å²) in [5.41, 5.74) is 1.96. The average molecular weight is 503 g/mol. The Kier molecular flexibility index (Phi) is 8.30. The number of carboxylic acid groups (broad SMARTS) is 1. The van der Waals surface area contributed by atoms with Crippen LogP contribution in [-0.4, -0.2) is 52.3 Å². The second kappa shape index (κ2) is 11.4. The van der Waals surface area contributed by atoms with Crippen LogP contribution < -0.4 is 4.74 Å². The fraction of sp³-hybridized carbons (Fsp3) is 0.419. The van der Waals surface area contributed by atoms with E-state index in [-0.39, 0.29) is 6.04 Å². The smallest absolute Gasteiger partial charge is 0.313 e. The molecule has 0 aliphatic carbocycles. The summed E-state index contributed by atoms with van der Waals surface area (Å²) >= 11 is 0. The van der Waals surface area contributed by atoms with Crippen LogP contribution in [0.2, 0.25) is 0 Å². The average Bonchev–Trinajstić information content (AvgIpc) is 2.96. The molecule has 3 aliphatic rings. The van der Waals surface area contributed by atoms with E-state index in [1.165, 1.54) is 6.42 Å². The molecule has 3 fully saturated rings. The van der Waals surface area contributed by atoms with E-state index < -0.39 is 17.5 Å². The second-order valence-electron chi connectivity index (χ2n) is 10.3. The number of aliphatic carboxylic acids is 1. The minimum absolute atomic E-state index is 0.178. The Hall–Kier alpha value is -3.22. The quantitative estimate of drug-likeness (QED) is 0.409. The zero-order valence-electron chi connectivity index (χ0n) is 22.0. The predicted octanol–water partition coefficient (Wildman–Crippen LogP) is 5.61. The van der Waals surface area contributed by atoms with Crippen molar-refractivity contribution >= 4 is 16.9 Å². The molecule has 37 heavy (non-hydrogen) atoms. The highest BCUT2D eigenvalue weighted by Crippen LogP contribution is 2.42. The summed E-state index contributed by atoms with van der Waals surface area (Å²) in [7, 11) is 1.66. The number of piperidine rings is 3. The number of hydrogen-bond donors (Lipinski definition) is 2. The van der Waals surface area contributed by atoms with Crippen molar-refractivity contribution in [2.75, 3.05) is 20.2 Å². The summed E-state index contributed by atoms with van der Waals surface area (Å²) in [6.07, 6.45) is 6.22. The van der Waals surface area contributed by atoms with Gasteiger partial charge >= 0.3 is 5.97 Å². The number of benzene rings is 2. The van der Waals surface area contributed by atoms with Crippen molar-refractivity contribution in [1.82, 2.24) is 9.88 Å². The predicted molar refractivity (Wildman–Crippen MR) is 147 cm³/mol. The van der Waals surface area contributed by atoms with E-state index in [1.807, 2.05) is 61.5 Å². The third-order valence-corrected chi connectivity index (χ3v) is 8.41. The molecule has 6 heteroatoms. The topological polar surface area (TPSA) is 82.9 Å². The fourth-order valence-corrected chi connectivity index (χ4v) is 5.73. The second-order valence-corrected chi connectivity index (χ2v) is 10.3. The van der Waals surface area contributed by atoms with E-state index in [0.717, 1.165) is 47.3 Å². The van der Waals surface area contributed by atoms with Gasteiger partial charge in [0, 0.05) is 24.2 Å². The van der Waals surface area contributed by atoms with Gasteiger partial charge in [0.05, 0.1) is 24.1 Å². The number of nitrogens with zero attached hydrogens (tertiary/aromatic N) is 2. The molecule has 3 aromatic rings. The molecule has 2 N–H and O–H groups in total. The molecule has 0 spiro atoms. The molecule has 3 aliphatic heterocycles. The van der Waals surface area contributed by atoms with Crippen LogP contribution in [0.15, 0.2) is 73.4 Å². The van der Waals surface area contributed by atoms with Gasteiger partial charge in [-0.3, -0.25) is 14.7 Å². The number of hydrogen-bond acceptors (Lipinski definition) is 5. The zero-order valence-corrected chi connectivity index (χ0v) is 22.0. The number of aliphatic hydroxyl groups excluding tert-OH is 1. The van der Waals surface area contributed by atoms with Crippen molar-refractivity contribution in [3.8, 4) is 5.75 Å². The summed E-state index contributed by atoms with van der Waals surface area (Å²) in [5.74, 6) is 1.24. The molecule has 2 aromatic carbocycles. The van der Waals surface area contributed by atoms with Gasteiger partial charge in [0.1, 0.15) is 5.75 Å². The van der Waals surface area contributed by atoms with Gasteiger partial charge in [0.25, 0.3) is 0 Å². The highest BCUT2D eigenvalue weighted by atomic mass is 16.5. The van der Waals surface area contributed by atoms with Crippen LogP contribution in [-0.2, 0) is 10.2 Å². The number of carbonyl (C=O) groups is 1. The molecule has 196 valence electrons. The Labute approximate surface area is 219 Å². The lowest BCUT2D eigenvalue weighted by Crippen LogP contribution is -2.54. The third-order valence-electron chi connectivity index (χ3n) is 8.41. The first-order valence-corrected chi connectivity index (χ1v) is 13.1. The SMILES string of the molecule is C=CC1CN2CCC1CC2[C@H](O)c1ccnc2ccc(OC)cc12.CCC(C)(C(=O)O)c1ccccc1. The van der Waals surface area contributed by atoms with E-state index >= 15 is 0 Å². The van der Waals surface area contributed by atoms with Crippen molar-refractivity contribution < 1.29 is 19.7 Å². The molecule has 5 unspecified atom stereocenters. The summed E-state index contributed by atoms with van der Waals surface area (Å²) in [5, 5.41) is 21.2. The van der Waals surface area contributed by atoms with Gasteiger partial charge in [-0.05, 0) is 80.0 Å². The number of carboxylic acids is 1. The Morgan fingerprint density at radius 1 is 1.27 bits per heavy atom. The maximum Gasteiger partial charge on any atom is 0.313 e. The van der Waals surface area contributed by atoms with Gasteiger partial charge in [-0.2, -0.15) is 0 Å².